The van der Waals surface area contributed by atoms with E-state index < -0.39 is 0 Å². The van der Waals surface area contributed by atoms with Crippen LogP contribution in [0.2, 0.25) is 0 Å². The second-order valence-electron chi connectivity index (χ2n) is 7.35. The van der Waals surface area contributed by atoms with Crippen LogP contribution in [0.3, 0.4) is 0 Å². The van der Waals surface area contributed by atoms with Crippen molar-refractivity contribution in [2.75, 3.05) is 38.9 Å². The van der Waals surface area contributed by atoms with Crippen molar-refractivity contribution < 1.29 is 19.3 Å². The first-order valence-corrected chi connectivity index (χ1v) is 10.1. The highest BCUT2D eigenvalue weighted by atomic mass is 16.6. The number of aliphatic hydroxyl groups excluding tert-OH is 1. The molecule has 11 heteroatoms. The number of nitriles is 1. The largest absolute Gasteiger partial charge is 0.469 e. The van der Waals surface area contributed by atoms with Gasteiger partial charge < -0.3 is 29.2 Å². The van der Waals surface area contributed by atoms with E-state index in [-0.39, 0.29) is 18.8 Å². The zero-order valence-corrected chi connectivity index (χ0v) is 17.5. The third-order valence-electron chi connectivity index (χ3n) is 5.01. The monoisotopic (exact) mass is 427 g/mol. The second kappa shape index (κ2) is 9.30. The normalized spacial score (nSPS) is 17.0. The molecule has 1 fully saturated rings. The molecule has 4 heterocycles. The molecule has 2 N–H and O–H groups in total. The van der Waals surface area contributed by atoms with E-state index in [9.17, 15) is 10.4 Å². The Kier molecular flexibility index (Phi) is 6.31. The average Bonchev–Trinajstić information content (AvgIpc) is 3.48. The lowest BCUT2D eigenvalue weighted by molar-refractivity contribution is 0.137. The van der Waals surface area contributed by atoms with Crippen LogP contribution in [0, 0.1) is 11.3 Å². The van der Waals surface area contributed by atoms with Crippen LogP contribution in [0.4, 0.5) is 11.6 Å². The molecule has 2 unspecified atom stereocenters. The van der Waals surface area contributed by atoms with Gasteiger partial charge in [-0.25, -0.2) is 4.98 Å². The highest BCUT2D eigenvalue weighted by Crippen LogP contribution is 2.29. The molecule has 31 heavy (non-hydrogen) atoms. The molecule has 4 rings (SSSR count). The van der Waals surface area contributed by atoms with Crippen LogP contribution in [0.15, 0.2) is 18.5 Å². The summed E-state index contributed by atoms with van der Waals surface area (Å²) in [7, 11) is 1.62. The van der Waals surface area contributed by atoms with Gasteiger partial charge in [-0.15, -0.1) is 5.10 Å². The van der Waals surface area contributed by atoms with Crippen molar-refractivity contribution in [1.29, 1.82) is 5.26 Å². The lowest BCUT2D eigenvalue weighted by atomic mass is 10.3. The quantitative estimate of drug-likeness (QED) is 0.522. The summed E-state index contributed by atoms with van der Waals surface area (Å²) in [4.78, 5) is 9.02. The van der Waals surface area contributed by atoms with Gasteiger partial charge in [0, 0.05) is 25.1 Å². The number of nitrogens with zero attached hydrogens (tertiary/aromatic N) is 6. The molecular formula is C20H25N7O4. The average molecular weight is 427 g/mol. The van der Waals surface area contributed by atoms with E-state index >= 15 is 0 Å². The van der Waals surface area contributed by atoms with Crippen molar-refractivity contribution >= 4 is 22.7 Å². The van der Waals surface area contributed by atoms with E-state index in [1.165, 1.54) is 0 Å². The highest BCUT2D eigenvalue weighted by Gasteiger charge is 2.22. The van der Waals surface area contributed by atoms with Gasteiger partial charge in [0.25, 0.3) is 5.88 Å². The molecule has 3 aromatic heterocycles. The molecule has 0 bridgehead atoms. The number of hydrogen-bond acceptors (Lipinski definition) is 9. The summed E-state index contributed by atoms with van der Waals surface area (Å²) < 4.78 is 20.1. The molecule has 1 saturated heterocycles. The molecule has 0 aliphatic carbocycles. The number of aliphatic hydroxyl groups is 1. The molecule has 1 aliphatic heterocycles. The van der Waals surface area contributed by atoms with Gasteiger partial charge in [0.2, 0.25) is 5.95 Å². The van der Waals surface area contributed by atoms with Gasteiger partial charge in [-0.2, -0.15) is 10.2 Å². The lowest BCUT2D eigenvalue weighted by Crippen LogP contribution is -2.17. The molecule has 164 valence electrons. The minimum atomic E-state index is -0.0771. The van der Waals surface area contributed by atoms with Crippen molar-refractivity contribution in [3.8, 4) is 11.9 Å². The van der Waals surface area contributed by atoms with Crippen molar-refractivity contribution in [3.05, 3.63) is 24.2 Å². The second-order valence-corrected chi connectivity index (χ2v) is 7.35. The van der Waals surface area contributed by atoms with Crippen LogP contribution in [-0.4, -0.2) is 69.1 Å². The smallest absolute Gasteiger partial charge is 0.257 e. The van der Waals surface area contributed by atoms with E-state index in [1.807, 2.05) is 11.5 Å². The standard InChI is InChI=1S/C20H25N7O4/c1-13(11-29-2)27-15(8-21)7-14-9-22-20(24-18(14)27)23-17-10-26(4-5-28)25-19(17)31-16-3-6-30-12-16/h7,9-10,13,16,28H,3-6,11-12H2,1-2H3,(H,22,23,24). The van der Waals surface area contributed by atoms with Crippen LogP contribution >= 0.6 is 0 Å². The molecule has 2 atom stereocenters. The number of aromatic nitrogens is 5. The van der Waals surface area contributed by atoms with Crippen molar-refractivity contribution in [2.45, 2.75) is 32.0 Å². The van der Waals surface area contributed by atoms with Crippen LogP contribution in [0.1, 0.15) is 25.1 Å². The molecule has 11 nitrogen and oxygen atoms in total. The van der Waals surface area contributed by atoms with Crippen molar-refractivity contribution in [3.63, 3.8) is 0 Å². The number of ether oxygens (including phenoxy) is 3. The zero-order valence-electron chi connectivity index (χ0n) is 17.5. The van der Waals surface area contributed by atoms with E-state index in [4.69, 9.17) is 14.2 Å². The number of fused-ring (bicyclic) bond motifs is 1. The predicted octanol–water partition coefficient (Wildman–Crippen LogP) is 1.61. The summed E-state index contributed by atoms with van der Waals surface area (Å²) in [5, 5.41) is 27.1. The molecule has 0 saturated carbocycles. The molecule has 0 amide bonds. The Balaban J connectivity index is 1.66. The Labute approximate surface area is 179 Å². The number of hydrogen-bond donors (Lipinski definition) is 2. The van der Waals surface area contributed by atoms with Crippen LogP contribution in [0.25, 0.3) is 11.0 Å². The summed E-state index contributed by atoms with van der Waals surface area (Å²) in [6, 6.07) is 3.90. The molecule has 1 aliphatic rings. The lowest BCUT2D eigenvalue weighted by Gasteiger charge is -2.15. The number of rotatable bonds is 9. The number of anilines is 2. The fourth-order valence-electron chi connectivity index (χ4n) is 3.59. The Morgan fingerprint density at radius 1 is 1.48 bits per heavy atom. The summed E-state index contributed by atoms with van der Waals surface area (Å²) in [6.07, 6.45) is 4.12. The zero-order chi connectivity index (χ0) is 21.8. The minimum Gasteiger partial charge on any atom is -0.469 e. The van der Waals surface area contributed by atoms with E-state index in [1.54, 1.807) is 30.3 Å². The fraction of sp³-hybridized carbons (Fsp3) is 0.500. The highest BCUT2D eigenvalue weighted by molar-refractivity contribution is 5.79. The third-order valence-corrected chi connectivity index (χ3v) is 5.01. The maximum absolute atomic E-state index is 9.53. The summed E-state index contributed by atoms with van der Waals surface area (Å²) in [5.41, 5.74) is 1.71. The summed E-state index contributed by atoms with van der Waals surface area (Å²) in [6.45, 7) is 3.87. The van der Waals surface area contributed by atoms with Gasteiger partial charge in [-0.05, 0) is 13.0 Å². The first kappa shape index (κ1) is 21.0. The fourth-order valence-corrected chi connectivity index (χ4v) is 3.59. The van der Waals surface area contributed by atoms with E-state index in [0.717, 1.165) is 11.8 Å². The van der Waals surface area contributed by atoms with Gasteiger partial charge in [0.05, 0.1) is 45.2 Å². The van der Waals surface area contributed by atoms with E-state index in [2.05, 4.69) is 26.5 Å². The van der Waals surface area contributed by atoms with Gasteiger partial charge in [-0.3, -0.25) is 4.68 Å². The maximum atomic E-state index is 9.53. The molecule has 0 spiro atoms. The minimum absolute atomic E-state index is 0.0442. The van der Waals surface area contributed by atoms with Gasteiger partial charge in [-0.1, -0.05) is 0 Å². The molecule has 0 radical (unpaired) electrons. The van der Waals surface area contributed by atoms with Crippen LogP contribution in [-0.2, 0) is 16.0 Å². The third kappa shape index (κ3) is 4.46. The Morgan fingerprint density at radius 2 is 2.35 bits per heavy atom. The Hall–Kier alpha value is -3.20. The predicted molar refractivity (Wildman–Crippen MR) is 111 cm³/mol. The van der Waals surface area contributed by atoms with Gasteiger partial charge in [0.15, 0.2) is 0 Å². The van der Waals surface area contributed by atoms with Crippen molar-refractivity contribution in [2.24, 2.45) is 0 Å². The molecule has 0 aromatic carbocycles. The first-order chi connectivity index (χ1) is 15.1. The van der Waals surface area contributed by atoms with Crippen molar-refractivity contribution in [1.82, 2.24) is 24.3 Å². The SMILES string of the molecule is COCC(C)n1c(C#N)cc2cnc(Nc3cn(CCO)nc3OC3CCOC3)nc21. The Morgan fingerprint density at radius 3 is 3.06 bits per heavy atom. The van der Waals surface area contributed by atoms with Gasteiger partial charge in [0.1, 0.15) is 29.2 Å². The Bertz CT molecular complexity index is 1080. The van der Waals surface area contributed by atoms with Crippen LogP contribution < -0.4 is 10.1 Å². The summed E-state index contributed by atoms with van der Waals surface area (Å²) in [5.74, 6) is 0.741. The van der Waals surface area contributed by atoms with Crippen LogP contribution in [0.5, 0.6) is 5.88 Å². The maximum Gasteiger partial charge on any atom is 0.257 e. The number of methoxy groups -OCH3 is 1. The topological polar surface area (TPSA) is 132 Å². The molecular weight excluding hydrogens is 402 g/mol. The summed E-state index contributed by atoms with van der Waals surface area (Å²) >= 11 is 0. The van der Waals surface area contributed by atoms with Gasteiger partial charge >= 0.3 is 0 Å². The van der Waals surface area contributed by atoms with E-state index in [0.29, 0.717) is 55.2 Å². The molecule has 3 aromatic rings. The number of nitrogens with one attached hydrogen (secondary N) is 1. The first-order valence-electron chi connectivity index (χ1n) is 10.1.